The molecule has 0 bridgehead atoms. The third-order valence-electron chi connectivity index (χ3n) is 3.71. The van der Waals surface area contributed by atoms with Crippen LogP contribution in [0.5, 0.6) is 0 Å². The first-order chi connectivity index (χ1) is 11.3. The van der Waals surface area contributed by atoms with Gasteiger partial charge in [-0.25, -0.2) is 13.8 Å². The lowest BCUT2D eigenvalue weighted by Crippen LogP contribution is -2.36. The molecule has 3 heterocycles. The van der Waals surface area contributed by atoms with Crippen molar-refractivity contribution < 1.29 is 26.7 Å². The molecule has 0 atom stereocenters. The predicted molar refractivity (Wildman–Crippen MR) is 70.3 cm³/mol. The van der Waals surface area contributed by atoms with E-state index in [1.807, 2.05) is 0 Å². The number of amides is 1. The van der Waals surface area contributed by atoms with Gasteiger partial charge in [0.1, 0.15) is 12.2 Å². The fraction of sp³-hybridized carbons (Fsp3) is 0.462. The number of halogens is 5. The van der Waals surface area contributed by atoms with E-state index in [1.165, 1.54) is 11.2 Å². The van der Waals surface area contributed by atoms with E-state index < -0.39 is 36.3 Å². The number of H-pyrrole nitrogens is 1. The lowest BCUT2D eigenvalue weighted by molar-refractivity contribution is -0.143. The molecule has 130 valence electrons. The van der Waals surface area contributed by atoms with Crippen molar-refractivity contribution in [3.63, 3.8) is 0 Å². The highest BCUT2D eigenvalue weighted by atomic mass is 19.4. The van der Waals surface area contributed by atoms with Gasteiger partial charge in [-0.15, -0.1) is 0 Å². The summed E-state index contributed by atoms with van der Waals surface area (Å²) < 4.78 is 63.9. The molecule has 1 aliphatic heterocycles. The molecule has 1 aliphatic rings. The van der Waals surface area contributed by atoms with E-state index in [-0.39, 0.29) is 17.8 Å². The summed E-state index contributed by atoms with van der Waals surface area (Å²) >= 11 is 0. The van der Waals surface area contributed by atoms with Crippen LogP contribution in [-0.4, -0.2) is 43.3 Å². The van der Waals surface area contributed by atoms with Crippen LogP contribution < -0.4 is 0 Å². The summed E-state index contributed by atoms with van der Waals surface area (Å²) in [6.07, 6.45) is -5.30. The van der Waals surface area contributed by atoms with Crippen LogP contribution >= 0.6 is 0 Å². The molecule has 0 saturated heterocycles. The van der Waals surface area contributed by atoms with Crippen LogP contribution in [0.3, 0.4) is 0 Å². The average molecular weight is 349 g/mol. The fourth-order valence-corrected chi connectivity index (χ4v) is 2.64. The molecule has 24 heavy (non-hydrogen) atoms. The van der Waals surface area contributed by atoms with Gasteiger partial charge in [-0.3, -0.25) is 9.48 Å². The number of nitrogens with zero attached hydrogens (tertiary/aromatic N) is 4. The summed E-state index contributed by atoms with van der Waals surface area (Å²) in [6.45, 7) is -1.31. The van der Waals surface area contributed by atoms with Crippen molar-refractivity contribution in [3.8, 4) is 0 Å². The molecule has 1 N–H and O–H groups in total. The standard InChI is InChI=1S/C13H12F5N5O/c14-11(15)10-7(3-21-23(10)5-13(16,17)18)12(24)22-2-1-8-9(4-22)20-6-19-8/h3,6,11H,1-2,4-5H2,(H,19,20). The number of fused-ring (bicyclic) bond motifs is 1. The first-order valence-corrected chi connectivity index (χ1v) is 6.97. The van der Waals surface area contributed by atoms with E-state index >= 15 is 0 Å². The Bertz CT molecular complexity index is 750. The van der Waals surface area contributed by atoms with Gasteiger partial charge in [-0.05, 0) is 0 Å². The molecule has 1 amide bonds. The average Bonchev–Trinajstić information content (AvgIpc) is 3.10. The molecule has 0 fully saturated rings. The molecule has 2 aromatic rings. The highest BCUT2D eigenvalue weighted by Crippen LogP contribution is 2.28. The van der Waals surface area contributed by atoms with E-state index in [9.17, 15) is 26.7 Å². The Morgan fingerprint density at radius 1 is 1.38 bits per heavy atom. The molecule has 2 aromatic heterocycles. The zero-order chi connectivity index (χ0) is 17.5. The number of carbonyl (C=O) groups is 1. The number of nitrogens with one attached hydrogen (secondary N) is 1. The highest BCUT2D eigenvalue weighted by molar-refractivity contribution is 5.95. The molecule has 0 radical (unpaired) electrons. The predicted octanol–water partition coefficient (Wildman–Crippen LogP) is 2.30. The van der Waals surface area contributed by atoms with Crippen molar-refractivity contribution in [2.45, 2.75) is 32.1 Å². The van der Waals surface area contributed by atoms with Crippen molar-refractivity contribution in [1.82, 2.24) is 24.6 Å². The van der Waals surface area contributed by atoms with Crippen molar-refractivity contribution in [2.24, 2.45) is 0 Å². The Balaban J connectivity index is 1.88. The number of hydrogen-bond donors (Lipinski definition) is 1. The molecule has 11 heteroatoms. The van der Waals surface area contributed by atoms with Crippen LogP contribution in [0.2, 0.25) is 0 Å². The van der Waals surface area contributed by atoms with E-state index in [0.29, 0.717) is 12.1 Å². The number of alkyl halides is 5. The van der Waals surface area contributed by atoms with E-state index in [2.05, 4.69) is 15.1 Å². The Kier molecular flexibility index (Phi) is 4.01. The number of imidazole rings is 1. The number of aromatic amines is 1. The highest BCUT2D eigenvalue weighted by Gasteiger charge is 2.35. The van der Waals surface area contributed by atoms with Gasteiger partial charge in [0, 0.05) is 13.0 Å². The minimum Gasteiger partial charge on any atom is -0.347 e. The minimum absolute atomic E-state index is 0.126. The van der Waals surface area contributed by atoms with Gasteiger partial charge in [0.05, 0.1) is 36.0 Å². The van der Waals surface area contributed by atoms with Crippen LogP contribution in [0.4, 0.5) is 22.0 Å². The second-order valence-corrected chi connectivity index (χ2v) is 5.32. The molecule has 0 aromatic carbocycles. The van der Waals surface area contributed by atoms with E-state index in [0.717, 1.165) is 11.9 Å². The number of hydrogen-bond acceptors (Lipinski definition) is 3. The minimum atomic E-state index is -4.72. The maximum atomic E-state index is 13.2. The maximum absolute atomic E-state index is 13.2. The quantitative estimate of drug-likeness (QED) is 0.865. The van der Waals surface area contributed by atoms with Crippen molar-refractivity contribution in [3.05, 3.63) is 35.2 Å². The van der Waals surface area contributed by atoms with Crippen LogP contribution in [0.15, 0.2) is 12.5 Å². The summed E-state index contributed by atoms with van der Waals surface area (Å²) in [6, 6.07) is 0. The third kappa shape index (κ3) is 3.10. The maximum Gasteiger partial charge on any atom is 0.408 e. The first kappa shape index (κ1) is 16.4. The van der Waals surface area contributed by atoms with Crippen LogP contribution in [-0.2, 0) is 19.5 Å². The van der Waals surface area contributed by atoms with Crippen LogP contribution in [0.1, 0.15) is 33.9 Å². The molecule has 6 nitrogen and oxygen atoms in total. The molecule has 0 spiro atoms. The van der Waals surface area contributed by atoms with Crippen molar-refractivity contribution >= 4 is 5.91 Å². The largest absolute Gasteiger partial charge is 0.408 e. The monoisotopic (exact) mass is 349 g/mol. The Labute approximate surface area is 132 Å². The van der Waals surface area contributed by atoms with Crippen LogP contribution in [0, 0.1) is 0 Å². The number of rotatable bonds is 3. The van der Waals surface area contributed by atoms with Gasteiger partial charge >= 0.3 is 6.18 Å². The summed E-state index contributed by atoms with van der Waals surface area (Å²) in [4.78, 5) is 20.6. The molecule has 0 aliphatic carbocycles. The normalized spacial score (nSPS) is 15.0. The van der Waals surface area contributed by atoms with Gasteiger partial charge in [-0.2, -0.15) is 18.3 Å². The lowest BCUT2D eigenvalue weighted by atomic mass is 10.1. The van der Waals surface area contributed by atoms with Crippen molar-refractivity contribution in [1.29, 1.82) is 0 Å². The summed E-state index contributed by atoms with van der Waals surface area (Å²) in [5.74, 6) is -0.779. The van der Waals surface area contributed by atoms with E-state index in [1.54, 1.807) is 0 Å². The zero-order valence-corrected chi connectivity index (χ0v) is 12.1. The molecular weight excluding hydrogens is 337 g/mol. The summed E-state index contributed by atoms with van der Waals surface area (Å²) in [5, 5.41) is 3.32. The topological polar surface area (TPSA) is 66.8 Å². The molecular formula is C13H12F5N5O. The first-order valence-electron chi connectivity index (χ1n) is 6.97. The zero-order valence-electron chi connectivity index (χ0n) is 12.1. The van der Waals surface area contributed by atoms with Gasteiger partial charge in [-0.1, -0.05) is 0 Å². The van der Waals surface area contributed by atoms with Gasteiger partial charge in [0.2, 0.25) is 0 Å². The molecule has 3 rings (SSSR count). The van der Waals surface area contributed by atoms with Crippen molar-refractivity contribution in [2.75, 3.05) is 6.54 Å². The summed E-state index contributed by atoms with van der Waals surface area (Å²) in [7, 11) is 0. The lowest BCUT2D eigenvalue weighted by Gasteiger charge is -2.26. The Morgan fingerprint density at radius 2 is 2.12 bits per heavy atom. The Hall–Kier alpha value is -2.46. The number of carbonyl (C=O) groups excluding carboxylic acids is 1. The van der Waals surface area contributed by atoms with Gasteiger partial charge in [0.15, 0.2) is 0 Å². The Morgan fingerprint density at radius 3 is 2.79 bits per heavy atom. The summed E-state index contributed by atoms with van der Waals surface area (Å²) in [5.41, 5.74) is -0.0817. The SMILES string of the molecule is O=C(c1cnn(CC(F)(F)F)c1C(F)F)N1CCc2nc[nH]c2C1. The molecule has 0 saturated carbocycles. The van der Waals surface area contributed by atoms with Gasteiger partial charge < -0.3 is 9.88 Å². The fourth-order valence-electron chi connectivity index (χ4n) is 2.64. The second kappa shape index (κ2) is 5.87. The third-order valence-corrected chi connectivity index (χ3v) is 3.71. The van der Waals surface area contributed by atoms with E-state index in [4.69, 9.17) is 0 Å². The van der Waals surface area contributed by atoms with Gasteiger partial charge in [0.25, 0.3) is 12.3 Å². The second-order valence-electron chi connectivity index (χ2n) is 5.32. The number of aromatic nitrogens is 4. The van der Waals surface area contributed by atoms with Crippen LogP contribution in [0.25, 0.3) is 0 Å². The molecule has 0 unspecified atom stereocenters. The smallest absolute Gasteiger partial charge is 0.347 e.